The summed E-state index contributed by atoms with van der Waals surface area (Å²) in [6.07, 6.45) is 0. The second kappa shape index (κ2) is 6.86. The van der Waals surface area contributed by atoms with Crippen LogP contribution in [0.1, 0.15) is 29.2 Å². The molecule has 0 fully saturated rings. The van der Waals surface area contributed by atoms with Crippen LogP contribution in [0.3, 0.4) is 0 Å². The van der Waals surface area contributed by atoms with Crippen molar-refractivity contribution in [3.05, 3.63) is 57.6 Å². The highest BCUT2D eigenvalue weighted by atomic mass is 35.5. The minimum atomic E-state index is 0.619. The van der Waals surface area contributed by atoms with Crippen molar-refractivity contribution in [1.29, 1.82) is 0 Å². The molecule has 21 heavy (non-hydrogen) atoms. The van der Waals surface area contributed by atoms with Gasteiger partial charge >= 0.3 is 0 Å². The van der Waals surface area contributed by atoms with E-state index in [1.165, 1.54) is 22.3 Å². The highest BCUT2D eigenvalue weighted by Gasteiger charge is 2.05. The zero-order valence-electron chi connectivity index (χ0n) is 13.1. The van der Waals surface area contributed by atoms with Crippen LogP contribution >= 0.6 is 11.6 Å². The van der Waals surface area contributed by atoms with Gasteiger partial charge in [-0.25, -0.2) is 0 Å². The SMILES string of the molecule is CCOc1ccc(NCc2cc(C)c(C)cc2C)cc1Cl. The molecule has 2 aromatic carbocycles. The van der Waals surface area contributed by atoms with E-state index < -0.39 is 0 Å². The van der Waals surface area contributed by atoms with Gasteiger partial charge in [-0.05, 0) is 68.1 Å². The molecule has 2 aromatic rings. The molecule has 0 unspecified atom stereocenters. The molecule has 0 saturated heterocycles. The molecule has 2 rings (SSSR count). The van der Waals surface area contributed by atoms with Crippen molar-refractivity contribution >= 4 is 17.3 Å². The first-order valence-electron chi connectivity index (χ1n) is 7.24. The first-order chi connectivity index (χ1) is 10.0. The van der Waals surface area contributed by atoms with Crippen molar-refractivity contribution < 1.29 is 4.74 Å². The van der Waals surface area contributed by atoms with Crippen molar-refractivity contribution in [3.8, 4) is 5.75 Å². The molecular weight excluding hydrogens is 282 g/mol. The van der Waals surface area contributed by atoms with Gasteiger partial charge in [-0.2, -0.15) is 0 Å². The number of hydrogen-bond acceptors (Lipinski definition) is 2. The van der Waals surface area contributed by atoms with Crippen molar-refractivity contribution in [3.63, 3.8) is 0 Å². The van der Waals surface area contributed by atoms with Gasteiger partial charge in [0.25, 0.3) is 0 Å². The second-order valence-corrected chi connectivity index (χ2v) is 5.70. The summed E-state index contributed by atoms with van der Waals surface area (Å²) in [4.78, 5) is 0. The fourth-order valence-electron chi connectivity index (χ4n) is 2.29. The monoisotopic (exact) mass is 303 g/mol. The van der Waals surface area contributed by atoms with E-state index in [4.69, 9.17) is 16.3 Å². The first-order valence-corrected chi connectivity index (χ1v) is 7.62. The lowest BCUT2D eigenvalue weighted by Crippen LogP contribution is -2.03. The summed E-state index contributed by atoms with van der Waals surface area (Å²) in [5.74, 6) is 0.729. The van der Waals surface area contributed by atoms with Crippen LogP contribution in [0.5, 0.6) is 5.75 Å². The summed E-state index contributed by atoms with van der Waals surface area (Å²) < 4.78 is 5.44. The average Bonchev–Trinajstić information content (AvgIpc) is 2.44. The Kier molecular flexibility index (Phi) is 5.13. The van der Waals surface area contributed by atoms with E-state index in [0.717, 1.165) is 18.0 Å². The Hall–Kier alpha value is -1.67. The lowest BCUT2D eigenvalue weighted by Gasteiger charge is -2.13. The largest absolute Gasteiger partial charge is 0.492 e. The minimum absolute atomic E-state index is 0.619. The number of nitrogens with one attached hydrogen (secondary N) is 1. The quantitative estimate of drug-likeness (QED) is 0.812. The molecule has 0 amide bonds. The number of halogens is 1. The van der Waals surface area contributed by atoms with Crippen molar-refractivity contribution in [1.82, 2.24) is 0 Å². The normalized spacial score (nSPS) is 10.5. The standard InChI is InChI=1S/C18H22ClNO/c1-5-21-18-7-6-16(10-17(18)19)20-11-15-9-13(3)12(2)8-14(15)4/h6-10,20H,5,11H2,1-4H3. The Morgan fingerprint density at radius 3 is 2.38 bits per heavy atom. The maximum Gasteiger partial charge on any atom is 0.138 e. The zero-order valence-corrected chi connectivity index (χ0v) is 13.8. The summed E-state index contributed by atoms with van der Waals surface area (Å²) in [5, 5.41) is 4.06. The van der Waals surface area contributed by atoms with Gasteiger partial charge in [-0.3, -0.25) is 0 Å². The van der Waals surface area contributed by atoms with Crippen molar-refractivity contribution in [2.75, 3.05) is 11.9 Å². The Labute approximate surface area is 132 Å². The van der Waals surface area contributed by atoms with Crippen molar-refractivity contribution in [2.45, 2.75) is 34.2 Å². The molecule has 0 bridgehead atoms. The lowest BCUT2D eigenvalue weighted by atomic mass is 10.0. The Morgan fingerprint density at radius 2 is 1.71 bits per heavy atom. The van der Waals surface area contributed by atoms with Crippen LogP contribution in [0.15, 0.2) is 30.3 Å². The zero-order chi connectivity index (χ0) is 15.4. The van der Waals surface area contributed by atoms with E-state index >= 15 is 0 Å². The maximum absolute atomic E-state index is 6.20. The van der Waals surface area contributed by atoms with Crippen LogP contribution in [0.25, 0.3) is 0 Å². The van der Waals surface area contributed by atoms with E-state index in [1.807, 2.05) is 25.1 Å². The smallest absolute Gasteiger partial charge is 0.138 e. The molecule has 1 N–H and O–H groups in total. The third-order valence-corrected chi connectivity index (χ3v) is 3.96. The van der Waals surface area contributed by atoms with E-state index in [9.17, 15) is 0 Å². The van der Waals surface area contributed by atoms with Gasteiger partial charge in [-0.1, -0.05) is 23.7 Å². The predicted octanol–water partition coefficient (Wildman–Crippen LogP) is 5.28. The van der Waals surface area contributed by atoms with E-state index in [2.05, 4.69) is 38.2 Å². The summed E-state index contributed by atoms with van der Waals surface area (Å²) in [5.41, 5.74) is 6.27. The van der Waals surface area contributed by atoms with Gasteiger partial charge in [0.05, 0.1) is 11.6 Å². The Bertz CT molecular complexity index is 637. The van der Waals surface area contributed by atoms with E-state index in [-0.39, 0.29) is 0 Å². The summed E-state index contributed by atoms with van der Waals surface area (Å²) in [7, 11) is 0. The van der Waals surface area contributed by atoms with Crippen LogP contribution in [0, 0.1) is 20.8 Å². The minimum Gasteiger partial charge on any atom is -0.492 e. The topological polar surface area (TPSA) is 21.3 Å². The number of ether oxygens (including phenoxy) is 1. The molecule has 3 heteroatoms. The highest BCUT2D eigenvalue weighted by molar-refractivity contribution is 6.32. The van der Waals surface area contributed by atoms with Gasteiger partial charge in [-0.15, -0.1) is 0 Å². The molecule has 0 aliphatic carbocycles. The Balaban J connectivity index is 2.10. The summed E-state index contributed by atoms with van der Waals surface area (Å²) in [6, 6.07) is 10.3. The van der Waals surface area contributed by atoms with E-state index in [1.54, 1.807) is 0 Å². The third kappa shape index (κ3) is 3.92. The number of anilines is 1. The number of hydrogen-bond donors (Lipinski definition) is 1. The molecule has 0 spiro atoms. The first kappa shape index (κ1) is 15.7. The second-order valence-electron chi connectivity index (χ2n) is 5.29. The third-order valence-electron chi connectivity index (χ3n) is 3.67. The Morgan fingerprint density at radius 1 is 1.00 bits per heavy atom. The molecule has 0 atom stereocenters. The fourth-order valence-corrected chi connectivity index (χ4v) is 2.53. The summed E-state index contributed by atoms with van der Waals surface area (Å²) in [6.45, 7) is 9.79. The number of aryl methyl sites for hydroxylation is 3. The average molecular weight is 304 g/mol. The van der Waals surface area contributed by atoms with Crippen LogP contribution in [0.2, 0.25) is 5.02 Å². The number of rotatable bonds is 5. The summed E-state index contributed by atoms with van der Waals surface area (Å²) >= 11 is 6.20. The van der Waals surface area contributed by atoms with Gasteiger partial charge in [0.2, 0.25) is 0 Å². The van der Waals surface area contributed by atoms with Crippen LogP contribution in [-0.2, 0) is 6.54 Å². The lowest BCUT2D eigenvalue weighted by molar-refractivity contribution is 0.340. The van der Waals surface area contributed by atoms with Crippen LogP contribution in [0.4, 0.5) is 5.69 Å². The molecule has 112 valence electrons. The molecular formula is C18H22ClNO. The van der Waals surface area contributed by atoms with E-state index in [0.29, 0.717) is 11.6 Å². The maximum atomic E-state index is 6.20. The van der Waals surface area contributed by atoms with Crippen molar-refractivity contribution in [2.24, 2.45) is 0 Å². The fraction of sp³-hybridized carbons (Fsp3) is 0.333. The van der Waals surface area contributed by atoms with Crippen LogP contribution < -0.4 is 10.1 Å². The molecule has 0 radical (unpaired) electrons. The molecule has 0 aromatic heterocycles. The van der Waals surface area contributed by atoms with Gasteiger partial charge in [0, 0.05) is 12.2 Å². The van der Waals surface area contributed by atoms with Gasteiger partial charge < -0.3 is 10.1 Å². The van der Waals surface area contributed by atoms with Gasteiger partial charge in [0.15, 0.2) is 0 Å². The molecule has 0 heterocycles. The molecule has 2 nitrogen and oxygen atoms in total. The number of benzene rings is 2. The molecule has 0 saturated carbocycles. The molecule has 0 aliphatic rings. The predicted molar refractivity (Wildman–Crippen MR) is 90.6 cm³/mol. The van der Waals surface area contributed by atoms with Gasteiger partial charge in [0.1, 0.15) is 5.75 Å². The van der Waals surface area contributed by atoms with Crippen LogP contribution in [-0.4, -0.2) is 6.61 Å². The highest BCUT2D eigenvalue weighted by Crippen LogP contribution is 2.28. The molecule has 0 aliphatic heterocycles.